The third-order valence-electron chi connectivity index (χ3n) is 2.38. The van der Waals surface area contributed by atoms with Gasteiger partial charge in [0.05, 0.1) is 12.2 Å². The minimum Gasteiger partial charge on any atom is -0.479 e. The van der Waals surface area contributed by atoms with Gasteiger partial charge in [-0.25, -0.2) is 9.59 Å². The lowest BCUT2D eigenvalue weighted by Gasteiger charge is -2.10. The molecule has 1 heterocycles. The lowest BCUT2D eigenvalue weighted by Crippen LogP contribution is -2.25. The number of benzene rings is 1. The van der Waals surface area contributed by atoms with E-state index >= 15 is 0 Å². The van der Waals surface area contributed by atoms with Gasteiger partial charge in [0.25, 0.3) is 0 Å². The molecule has 1 aromatic carbocycles. The van der Waals surface area contributed by atoms with Gasteiger partial charge in [0, 0.05) is 0 Å². The van der Waals surface area contributed by atoms with Crippen LogP contribution < -0.4 is 0 Å². The van der Waals surface area contributed by atoms with Gasteiger partial charge in [-0.05, 0) is 12.1 Å². The summed E-state index contributed by atoms with van der Waals surface area (Å²) in [7, 11) is 0. The van der Waals surface area contributed by atoms with Gasteiger partial charge in [0.1, 0.15) is 6.61 Å². The Balaban J connectivity index is 1.79. The summed E-state index contributed by atoms with van der Waals surface area (Å²) in [6.07, 6.45) is -1.82. The quantitative estimate of drug-likeness (QED) is 0.793. The van der Waals surface area contributed by atoms with Crippen molar-refractivity contribution in [2.24, 2.45) is 0 Å². The van der Waals surface area contributed by atoms with E-state index in [0.717, 1.165) is 0 Å². The minimum atomic E-state index is -1.09. The molecule has 2 rings (SSSR count). The molecule has 0 amide bonds. The molecule has 1 saturated heterocycles. The van der Waals surface area contributed by atoms with Gasteiger partial charge >= 0.3 is 11.9 Å². The second-order valence-corrected chi connectivity index (χ2v) is 3.69. The van der Waals surface area contributed by atoms with Crippen LogP contribution in [0.15, 0.2) is 30.3 Å². The van der Waals surface area contributed by atoms with E-state index in [1.807, 2.05) is 0 Å². The number of hydrogen-bond acceptors (Lipinski definition) is 5. The number of aliphatic carboxylic acids is 1. The molecule has 0 spiro atoms. The van der Waals surface area contributed by atoms with Crippen LogP contribution in [0.3, 0.4) is 0 Å². The first-order valence-electron chi connectivity index (χ1n) is 5.39. The second kappa shape index (κ2) is 5.61. The van der Waals surface area contributed by atoms with Crippen LogP contribution in [0.4, 0.5) is 0 Å². The van der Waals surface area contributed by atoms with Crippen LogP contribution in [0.25, 0.3) is 0 Å². The maximum Gasteiger partial charge on any atom is 0.338 e. The van der Waals surface area contributed by atoms with Crippen molar-refractivity contribution in [1.82, 2.24) is 0 Å². The molecule has 0 bridgehead atoms. The summed E-state index contributed by atoms with van der Waals surface area (Å²) in [6.45, 7) is -0.166. The highest BCUT2D eigenvalue weighted by Gasteiger charge is 2.32. The Labute approximate surface area is 103 Å². The predicted octanol–water partition coefficient (Wildman–Crippen LogP) is 0.669. The van der Waals surface area contributed by atoms with E-state index < -0.39 is 24.3 Å². The maximum absolute atomic E-state index is 11.6. The van der Waals surface area contributed by atoms with E-state index in [2.05, 4.69) is 0 Å². The number of rotatable bonds is 4. The molecule has 1 aromatic rings. The van der Waals surface area contributed by atoms with Crippen LogP contribution in [-0.2, 0) is 19.0 Å². The number of esters is 1. The normalized spacial score (nSPS) is 22.7. The molecular weight excluding hydrogens is 240 g/mol. The van der Waals surface area contributed by atoms with Crippen molar-refractivity contribution in [3.05, 3.63) is 35.9 Å². The van der Waals surface area contributed by atoms with Crippen molar-refractivity contribution >= 4 is 11.9 Å². The Morgan fingerprint density at radius 3 is 2.67 bits per heavy atom. The zero-order chi connectivity index (χ0) is 13.0. The van der Waals surface area contributed by atoms with E-state index in [1.54, 1.807) is 30.3 Å². The zero-order valence-corrected chi connectivity index (χ0v) is 9.44. The van der Waals surface area contributed by atoms with Gasteiger partial charge < -0.3 is 19.3 Å². The number of carbonyl (C=O) groups excluding carboxylic acids is 1. The fourth-order valence-corrected chi connectivity index (χ4v) is 1.47. The molecule has 1 N–H and O–H groups in total. The summed E-state index contributed by atoms with van der Waals surface area (Å²) in [5, 5.41) is 8.67. The highest BCUT2D eigenvalue weighted by Crippen LogP contribution is 2.12. The molecule has 6 nitrogen and oxygen atoms in total. The van der Waals surface area contributed by atoms with Gasteiger partial charge in [0.2, 0.25) is 0 Å². The van der Waals surface area contributed by atoms with Gasteiger partial charge in [-0.3, -0.25) is 0 Å². The number of carboxylic acids is 1. The Hall–Kier alpha value is -1.92. The van der Waals surface area contributed by atoms with Crippen molar-refractivity contribution < 1.29 is 28.9 Å². The first-order valence-corrected chi connectivity index (χ1v) is 5.39. The smallest absolute Gasteiger partial charge is 0.338 e. The highest BCUT2D eigenvalue weighted by molar-refractivity contribution is 5.89. The summed E-state index contributed by atoms with van der Waals surface area (Å²) in [5.74, 6) is -1.59. The van der Waals surface area contributed by atoms with Crippen molar-refractivity contribution in [3.63, 3.8) is 0 Å². The Bertz CT molecular complexity index is 429. The number of ether oxygens (including phenoxy) is 3. The zero-order valence-electron chi connectivity index (χ0n) is 9.44. The highest BCUT2D eigenvalue weighted by atomic mass is 16.7. The number of hydrogen-bond donors (Lipinski definition) is 1. The Kier molecular flexibility index (Phi) is 3.91. The molecule has 0 radical (unpaired) electrons. The fraction of sp³-hybridized carbons (Fsp3) is 0.333. The fourth-order valence-electron chi connectivity index (χ4n) is 1.47. The van der Waals surface area contributed by atoms with E-state index in [9.17, 15) is 9.59 Å². The Morgan fingerprint density at radius 2 is 2.06 bits per heavy atom. The summed E-state index contributed by atoms with van der Waals surface area (Å²) in [5.41, 5.74) is 0.422. The molecule has 0 saturated carbocycles. The van der Waals surface area contributed by atoms with Crippen LogP contribution in [0, 0.1) is 0 Å². The molecule has 0 aliphatic carbocycles. The van der Waals surface area contributed by atoms with Crippen molar-refractivity contribution in [1.29, 1.82) is 0 Å². The number of carbonyl (C=O) groups is 2. The van der Waals surface area contributed by atoms with E-state index in [-0.39, 0.29) is 13.2 Å². The predicted molar refractivity (Wildman–Crippen MR) is 59.0 cm³/mol. The summed E-state index contributed by atoms with van der Waals surface area (Å²) in [4.78, 5) is 22.2. The van der Waals surface area contributed by atoms with E-state index in [0.29, 0.717) is 5.56 Å². The molecule has 1 fully saturated rings. The van der Waals surface area contributed by atoms with Gasteiger partial charge in [-0.1, -0.05) is 18.2 Å². The third-order valence-corrected chi connectivity index (χ3v) is 2.38. The maximum atomic E-state index is 11.6. The summed E-state index contributed by atoms with van der Waals surface area (Å²) < 4.78 is 15.0. The number of carboxylic acid groups (broad SMARTS) is 1. The minimum absolute atomic E-state index is 0.0388. The van der Waals surface area contributed by atoms with Gasteiger partial charge in [-0.2, -0.15) is 0 Å². The lowest BCUT2D eigenvalue weighted by atomic mass is 10.2. The average Bonchev–Trinajstić information content (AvgIpc) is 2.86. The van der Waals surface area contributed by atoms with Gasteiger partial charge in [0.15, 0.2) is 12.4 Å². The second-order valence-electron chi connectivity index (χ2n) is 3.69. The molecule has 0 unspecified atom stereocenters. The molecule has 0 aromatic heterocycles. The standard InChI is InChI=1S/C12H12O6/c13-11(14)9-6-16-10(18-9)7-17-12(15)8-4-2-1-3-5-8/h1-5,9-10H,6-7H2,(H,13,14)/t9-,10+/m0/s1. The van der Waals surface area contributed by atoms with Crippen LogP contribution >= 0.6 is 0 Å². The van der Waals surface area contributed by atoms with Crippen LogP contribution in [0.1, 0.15) is 10.4 Å². The van der Waals surface area contributed by atoms with Crippen LogP contribution in [-0.4, -0.2) is 42.7 Å². The van der Waals surface area contributed by atoms with Crippen LogP contribution in [0.2, 0.25) is 0 Å². The molecular formula is C12H12O6. The van der Waals surface area contributed by atoms with E-state index in [1.165, 1.54) is 0 Å². The van der Waals surface area contributed by atoms with Crippen molar-refractivity contribution in [2.75, 3.05) is 13.2 Å². The largest absolute Gasteiger partial charge is 0.479 e. The first-order chi connectivity index (χ1) is 8.66. The van der Waals surface area contributed by atoms with Crippen molar-refractivity contribution in [2.45, 2.75) is 12.4 Å². The molecule has 1 aliphatic heterocycles. The summed E-state index contributed by atoms with van der Waals surface area (Å²) in [6, 6.07) is 8.48. The van der Waals surface area contributed by atoms with E-state index in [4.69, 9.17) is 19.3 Å². The molecule has 96 valence electrons. The monoisotopic (exact) mass is 252 g/mol. The first kappa shape index (κ1) is 12.5. The Morgan fingerprint density at radius 1 is 1.33 bits per heavy atom. The SMILES string of the molecule is O=C(OC[C@@H]1OC[C@@H](C(=O)O)O1)c1ccccc1. The molecule has 18 heavy (non-hydrogen) atoms. The molecule has 2 atom stereocenters. The average molecular weight is 252 g/mol. The topological polar surface area (TPSA) is 82.1 Å². The summed E-state index contributed by atoms with van der Waals surface area (Å²) >= 11 is 0. The lowest BCUT2D eigenvalue weighted by molar-refractivity contribution is -0.152. The van der Waals surface area contributed by atoms with Crippen molar-refractivity contribution in [3.8, 4) is 0 Å². The molecule has 6 heteroatoms. The van der Waals surface area contributed by atoms with Crippen LogP contribution in [0.5, 0.6) is 0 Å². The van der Waals surface area contributed by atoms with Gasteiger partial charge in [-0.15, -0.1) is 0 Å². The molecule has 1 aliphatic rings. The third kappa shape index (κ3) is 3.06.